The molecule has 1 atom stereocenters. The molecular formula is C36H40N4O4S. The van der Waals surface area contributed by atoms with E-state index in [1.165, 1.54) is 30.4 Å². The van der Waals surface area contributed by atoms with Gasteiger partial charge in [-0.2, -0.15) is 3.97 Å². The first kappa shape index (κ1) is 30.8. The normalized spacial score (nSPS) is 15.4. The van der Waals surface area contributed by atoms with Crippen molar-refractivity contribution in [1.29, 1.82) is 0 Å². The van der Waals surface area contributed by atoms with Crippen LogP contribution in [0.1, 0.15) is 36.9 Å². The van der Waals surface area contributed by atoms with Crippen molar-refractivity contribution in [2.45, 2.75) is 49.8 Å². The summed E-state index contributed by atoms with van der Waals surface area (Å²) in [6.45, 7) is 6.60. The van der Waals surface area contributed by atoms with Gasteiger partial charge in [0.1, 0.15) is 5.75 Å². The largest absolute Gasteiger partial charge is 0.497 e. The zero-order valence-corrected chi connectivity index (χ0v) is 26.6. The third-order valence-electron chi connectivity index (χ3n) is 8.86. The van der Waals surface area contributed by atoms with Gasteiger partial charge in [0.05, 0.1) is 23.0 Å². The van der Waals surface area contributed by atoms with E-state index in [0.29, 0.717) is 22.8 Å². The second-order valence-corrected chi connectivity index (χ2v) is 13.6. The first-order valence-corrected chi connectivity index (χ1v) is 16.9. The minimum Gasteiger partial charge on any atom is -0.497 e. The van der Waals surface area contributed by atoms with Crippen molar-refractivity contribution in [3.63, 3.8) is 0 Å². The van der Waals surface area contributed by atoms with E-state index in [1.54, 1.807) is 28.8 Å². The Morgan fingerprint density at radius 2 is 1.31 bits per heavy atom. The van der Waals surface area contributed by atoms with E-state index in [0.717, 1.165) is 49.5 Å². The smallest absolute Gasteiger partial charge is 0.343 e. The predicted molar refractivity (Wildman–Crippen MR) is 178 cm³/mol. The molecule has 1 aliphatic rings. The Morgan fingerprint density at radius 1 is 0.778 bits per heavy atom. The molecule has 2 heterocycles. The zero-order valence-electron chi connectivity index (χ0n) is 25.8. The summed E-state index contributed by atoms with van der Waals surface area (Å²) < 4.78 is 35.4. The molecule has 9 heteroatoms. The SMILES string of the molecule is COc1ccc(S(=O)(=O)n2c(=O)n(C3CCN(CC(C)N(Cc4ccccc4)Cc4ccccc4)CC3)c3ccccc32)cc1. The lowest BCUT2D eigenvalue weighted by Gasteiger charge is -2.37. The molecule has 6 rings (SSSR count). The zero-order chi connectivity index (χ0) is 31.4. The van der Waals surface area contributed by atoms with Crippen LogP contribution in [0, 0.1) is 0 Å². The molecule has 4 aromatic carbocycles. The van der Waals surface area contributed by atoms with Crippen molar-refractivity contribution in [2.75, 3.05) is 26.7 Å². The molecule has 1 aromatic heterocycles. The summed E-state index contributed by atoms with van der Waals surface area (Å²) in [5, 5.41) is 0. The highest BCUT2D eigenvalue weighted by Gasteiger charge is 2.30. The number of methoxy groups -OCH3 is 1. The molecule has 1 unspecified atom stereocenters. The second kappa shape index (κ2) is 13.4. The minimum atomic E-state index is -4.12. The van der Waals surface area contributed by atoms with Gasteiger partial charge in [0.2, 0.25) is 0 Å². The molecule has 0 N–H and O–H groups in total. The molecule has 0 amide bonds. The Morgan fingerprint density at radius 3 is 1.87 bits per heavy atom. The number of benzene rings is 4. The number of likely N-dealkylation sites (tertiary alicyclic amines) is 1. The summed E-state index contributed by atoms with van der Waals surface area (Å²) >= 11 is 0. The predicted octanol–water partition coefficient (Wildman–Crippen LogP) is 5.78. The summed E-state index contributed by atoms with van der Waals surface area (Å²) in [6, 6.07) is 34.7. The number of rotatable bonds is 11. The van der Waals surface area contributed by atoms with Crippen molar-refractivity contribution in [3.8, 4) is 5.75 Å². The van der Waals surface area contributed by atoms with Crippen LogP contribution in [-0.2, 0) is 23.1 Å². The van der Waals surface area contributed by atoms with Gasteiger partial charge in [-0.3, -0.25) is 9.47 Å². The average molecular weight is 625 g/mol. The van der Waals surface area contributed by atoms with Crippen molar-refractivity contribution in [3.05, 3.63) is 131 Å². The summed E-state index contributed by atoms with van der Waals surface area (Å²) in [7, 11) is -2.59. The molecule has 8 nitrogen and oxygen atoms in total. The number of para-hydroxylation sites is 2. The van der Waals surface area contributed by atoms with E-state index < -0.39 is 15.7 Å². The highest BCUT2D eigenvalue weighted by atomic mass is 32.2. The highest BCUT2D eigenvalue weighted by Crippen LogP contribution is 2.28. The van der Waals surface area contributed by atoms with Gasteiger partial charge >= 0.3 is 5.69 Å². The fourth-order valence-electron chi connectivity index (χ4n) is 6.43. The topological polar surface area (TPSA) is 76.8 Å². The Bertz CT molecular complexity index is 1840. The maximum absolute atomic E-state index is 13.9. The Hall–Kier alpha value is -4.18. The van der Waals surface area contributed by atoms with E-state index in [9.17, 15) is 13.2 Å². The van der Waals surface area contributed by atoms with Crippen LogP contribution in [-0.4, -0.2) is 59.5 Å². The van der Waals surface area contributed by atoms with Gasteiger partial charge in [0, 0.05) is 44.8 Å². The van der Waals surface area contributed by atoms with Gasteiger partial charge in [0.25, 0.3) is 10.0 Å². The van der Waals surface area contributed by atoms with E-state index in [2.05, 4.69) is 77.4 Å². The molecule has 234 valence electrons. The standard InChI is InChI=1S/C36H40N4O4S/c1-28(38(26-29-11-5-3-6-12-29)27-30-13-7-4-8-14-30)25-37-23-21-31(22-24-37)39-34-15-9-10-16-35(34)40(36(39)41)45(42,43)33-19-17-32(44-2)18-20-33/h3-20,28,31H,21-27H2,1-2H3. The molecule has 1 aliphatic heterocycles. The third-order valence-corrected chi connectivity index (χ3v) is 10.6. The minimum absolute atomic E-state index is 0.0488. The lowest BCUT2D eigenvalue weighted by Crippen LogP contribution is -2.45. The molecule has 0 radical (unpaired) electrons. The number of fused-ring (bicyclic) bond motifs is 1. The van der Waals surface area contributed by atoms with Crippen LogP contribution in [0.4, 0.5) is 0 Å². The Kier molecular flexibility index (Phi) is 9.21. The fourth-order valence-corrected chi connectivity index (χ4v) is 7.83. The van der Waals surface area contributed by atoms with Crippen LogP contribution >= 0.6 is 0 Å². The lowest BCUT2D eigenvalue weighted by atomic mass is 10.0. The van der Waals surface area contributed by atoms with E-state index in [1.807, 2.05) is 12.1 Å². The molecule has 1 saturated heterocycles. The third kappa shape index (κ3) is 6.61. The van der Waals surface area contributed by atoms with Crippen molar-refractivity contribution in [2.24, 2.45) is 0 Å². The number of ether oxygens (including phenoxy) is 1. The maximum atomic E-state index is 13.9. The van der Waals surface area contributed by atoms with Crippen LogP contribution in [0.5, 0.6) is 5.75 Å². The van der Waals surface area contributed by atoms with Gasteiger partial charge in [-0.1, -0.05) is 72.8 Å². The first-order valence-electron chi connectivity index (χ1n) is 15.5. The summed E-state index contributed by atoms with van der Waals surface area (Å²) in [6.07, 6.45) is 1.53. The lowest BCUT2D eigenvalue weighted by molar-refractivity contribution is 0.111. The molecular weight excluding hydrogens is 584 g/mol. The molecule has 45 heavy (non-hydrogen) atoms. The van der Waals surface area contributed by atoms with Crippen LogP contribution in [0.2, 0.25) is 0 Å². The number of aromatic nitrogens is 2. The van der Waals surface area contributed by atoms with Crippen LogP contribution in [0.3, 0.4) is 0 Å². The fraction of sp³-hybridized carbons (Fsp3) is 0.306. The monoisotopic (exact) mass is 624 g/mol. The van der Waals surface area contributed by atoms with Crippen LogP contribution in [0.25, 0.3) is 11.0 Å². The Balaban J connectivity index is 1.19. The molecule has 0 spiro atoms. The van der Waals surface area contributed by atoms with Crippen LogP contribution < -0.4 is 10.4 Å². The van der Waals surface area contributed by atoms with Crippen molar-refractivity contribution >= 4 is 21.1 Å². The number of hydrogen-bond acceptors (Lipinski definition) is 6. The number of hydrogen-bond donors (Lipinski definition) is 0. The van der Waals surface area contributed by atoms with E-state index in [-0.39, 0.29) is 10.9 Å². The second-order valence-electron chi connectivity index (χ2n) is 11.8. The van der Waals surface area contributed by atoms with E-state index >= 15 is 0 Å². The summed E-state index contributed by atoms with van der Waals surface area (Å²) in [4.78, 5) is 19.0. The van der Waals surface area contributed by atoms with Gasteiger partial charge in [-0.25, -0.2) is 13.2 Å². The summed E-state index contributed by atoms with van der Waals surface area (Å²) in [5.41, 5.74) is 3.10. The number of nitrogens with zero attached hydrogens (tertiary/aromatic N) is 4. The Labute approximate surface area is 265 Å². The quantitative estimate of drug-likeness (QED) is 0.186. The first-order chi connectivity index (χ1) is 21.8. The highest BCUT2D eigenvalue weighted by molar-refractivity contribution is 7.90. The number of imidazole rings is 1. The van der Waals surface area contributed by atoms with Crippen molar-refractivity contribution in [1.82, 2.24) is 18.3 Å². The molecule has 5 aromatic rings. The number of piperidine rings is 1. The molecule has 0 aliphatic carbocycles. The van der Waals surface area contributed by atoms with Crippen LogP contribution in [0.15, 0.2) is 119 Å². The van der Waals surface area contributed by atoms with Crippen molar-refractivity contribution < 1.29 is 13.2 Å². The molecule has 0 saturated carbocycles. The van der Waals surface area contributed by atoms with E-state index in [4.69, 9.17) is 4.74 Å². The molecule has 1 fully saturated rings. The van der Waals surface area contributed by atoms with Gasteiger partial charge < -0.3 is 9.64 Å². The molecule has 0 bridgehead atoms. The van der Waals surface area contributed by atoms with Gasteiger partial charge in [-0.05, 0) is 67.3 Å². The summed E-state index contributed by atoms with van der Waals surface area (Å²) in [5.74, 6) is 0.549. The maximum Gasteiger partial charge on any atom is 0.343 e. The van der Waals surface area contributed by atoms with Gasteiger partial charge in [-0.15, -0.1) is 0 Å². The average Bonchev–Trinajstić information content (AvgIpc) is 3.38. The van der Waals surface area contributed by atoms with Gasteiger partial charge in [0.15, 0.2) is 0 Å².